The molecule has 0 saturated carbocycles. The normalized spacial score (nSPS) is 13.1. The molecule has 1 atom stereocenters. The molecule has 0 spiro atoms. The molecule has 0 aromatic carbocycles. The molecule has 0 aliphatic carbocycles. The smallest absolute Gasteiger partial charge is 0.239 e. The van der Waals surface area contributed by atoms with Gasteiger partial charge >= 0.3 is 0 Å². The van der Waals surface area contributed by atoms with Crippen LogP contribution in [0.5, 0.6) is 0 Å². The SMILES string of the molecule is CC(C)[C@H](N)C(=O)NCC(=O)NCCCS(C)(=O)=O. The first-order chi connectivity index (χ1) is 8.63. The van der Waals surface area contributed by atoms with Crippen LogP contribution in [-0.2, 0) is 19.4 Å². The zero-order chi connectivity index (χ0) is 15.1. The second-order valence-corrected chi connectivity index (χ2v) is 7.08. The van der Waals surface area contributed by atoms with Crippen molar-refractivity contribution in [2.75, 3.05) is 25.1 Å². The van der Waals surface area contributed by atoms with Crippen LogP contribution in [0.1, 0.15) is 20.3 Å². The number of amides is 2. The Labute approximate surface area is 114 Å². The van der Waals surface area contributed by atoms with Gasteiger partial charge in [0.1, 0.15) is 9.84 Å². The van der Waals surface area contributed by atoms with Crippen molar-refractivity contribution in [3.8, 4) is 0 Å². The average molecular weight is 293 g/mol. The highest BCUT2D eigenvalue weighted by atomic mass is 32.2. The summed E-state index contributed by atoms with van der Waals surface area (Å²) < 4.78 is 21.7. The van der Waals surface area contributed by atoms with Crippen molar-refractivity contribution in [1.29, 1.82) is 0 Å². The Morgan fingerprint density at radius 1 is 1.21 bits per heavy atom. The monoisotopic (exact) mass is 293 g/mol. The van der Waals surface area contributed by atoms with Crippen molar-refractivity contribution in [1.82, 2.24) is 10.6 Å². The Morgan fingerprint density at radius 3 is 2.26 bits per heavy atom. The molecular weight excluding hydrogens is 270 g/mol. The predicted octanol–water partition coefficient (Wildman–Crippen LogP) is -1.36. The quantitative estimate of drug-likeness (QED) is 0.477. The molecule has 0 unspecified atom stereocenters. The highest BCUT2D eigenvalue weighted by molar-refractivity contribution is 7.90. The zero-order valence-corrected chi connectivity index (χ0v) is 12.4. The van der Waals surface area contributed by atoms with E-state index in [0.29, 0.717) is 6.42 Å². The van der Waals surface area contributed by atoms with E-state index in [4.69, 9.17) is 5.73 Å². The molecule has 0 radical (unpaired) electrons. The lowest BCUT2D eigenvalue weighted by Gasteiger charge is -2.15. The lowest BCUT2D eigenvalue weighted by Crippen LogP contribution is -2.47. The summed E-state index contributed by atoms with van der Waals surface area (Å²) in [5.74, 6) is -0.713. The van der Waals surface area contributed by atoms with Crippen molar-refractivity contribution < 1.29 is 18.0 Å². The first-order valence-corrected chi connectivity index (χ1v) is 8.17. The van der Waals surface area contributed by atoms with Crippen LogP contribution in [0.15, 0.2) is 0 Å². The number of hydrogen-bond donors (Lipinski definition) is 3. The molecular formula is C11H23N3O4S. The Hall–Kier alpha value is -1.15. The van der Waals surface area contributed by atoms with Crippen LogP contribution in [-0.4, -0.2) is 51.4 Å². The van der Waals surface area contributed by atoms with E-state index in [0.717, 1.165) is 6.26 Å². The topological polar surface area (TPSA) is 118 Å². The fourth-order valence-electron chi connectivity index (χ4n) is 1.21. The highest BCUT2D eigenvalue weighted by Crippen LogP contribution is 1.97. The largest absolute Gasteiger partial charge is 0.355 e. The van der Waals surface area contributed by atoms with Gasteiger partial charge in [0, 0.05) is 12.8 Å². The Kier molecular flexibility index (Phi) is 7.62. The predicted molar refractivity (Wildman–Crippen MR) is 73.2 cm³/mol. The van der Waals surface area contributed by atoms with Crippen LogP contribution >= 0.6 is 0 Å². The highest BCUT2D eigenvalue weighted by Gasteiger charge is 2.17. The molecule has 0 heterocycles. The fourth-order valence-corrected chi connectivity index (χ4v) is 1.88. The van der Waals surface area contributed by atoms with Crippen LogP contribution in [0.4, 0.5) is 0 Å². The van der Waals surface area contributed by atoms with E-state index in [9.17, 15) is 18.0 Å². The summed E-state index contributed by atoms with van der Waals surface area (Å²) >= 11 is 0. The second kappa shape index (κ2) is 8.11. The van der Waals surface area contributed by atoms with Gasteiger partial charge in [0.15, 0.2) is 0 Å². The van der Waals surface area contributed by atoms with Crippen LogP contribution in [0.2, 0.25) is 0 Å². The van der Waals surface area contributed by atoms with Gasteiger partial charge in [-0.1, -0.05) is 13.8 Å². The van der Waals surface area contributed by atoms with Crippen LogP contribution < -0.4 is 16.4 Å². The lowest BCUT2D eigenvalue weighted by molar-refractivity contribution is -0.127. The standard InChI is InChI=1S/C11H23N3O4S/c1-8(2)10(12)11(16)14-7-9(15)13-5-4-6-19(3,17)18/h8,10H,4-7,12H2,1-3H3,(H,13,15)(H,14,16)/t10-/m0/s1. The third-order valence-corrected chi connectivity index (χ3v) is 3.49. The molecule has 112 valence electrons. The van der Waals surface area contributed by atoms with Gasteiger partial charge in [0.05, 0.1) is 18.3 Å². The summed E-state index contributed by atoms with van der Waals surface area (Å²) in [6.07, 6.45) is 1.49. The van der Waals surface area contributed by atoms with E-state index >= 15 is 0 Å². The maximum atomic E-state index is 11.5. The molecule has 2 amide bonds. The molecule has 0 saturated heterocycles. The molecule has 0 aliphatic heterocycles. The minimum atomic E-state index is -3.01. The number of rotatable bonds is 8. The molecule has 4 N–H and O–H groups in total. The van der Waals surface area contributed by atoms with Crippen LogP contribution in [0.25, 0.3) is 0 Å². The first-order valence-electron chi connectivity index (χ1n) is 6.11. The number of carbonyl (C=O) groups excluding carboxylic acids is 2. The van der Waals surface area contributed by atoms with E-state index in [-0.39, 0.29) is 36.6 Å². The molecule has 7 nitrogen and oxygen atoms in total. The Morgan fingerprint density at radius 2 is 1.79 bits per heavy atom. The van der Waals surface area contributed by atoms with Gasteiger partial charge in [-0.3, -0.25) is 9.59 Å². The van der Waals surface area contributed by atoms with Crippen molar-refractivity contribution in [2.24, 2.45) is 11.7 Å². The Bertz CT molecular complexity index is 406. The minimum absolute atomic E-state index is 0.00202. The Balaban J connectivity index is 3.79. The van der Waals surface area contributed by atoms with E-state index < -0.39 is 15.9 Å². The summed E-state index contributed by atoms with van der Waals surface area (Å²) in [6.45, 7) is 3.74. The fraction of sp³-hybridized carbons (Fsp3) is 0.818. The number of hydrogen-bond acceptors (Lipinski definition) is 5. The summed E-state index contributed by atoms with van der Waals surface area (Å²) in [7, 11) is -3.01. The second-order valence-electron chi connectivity index (χ2n) is 4.82. The molecule has 0 aromatic heterocycles. The lowest BCUT2D eigenvalue weighted by atomic mass is 10.1. The van der Waals surface area contributed by atoms with E-state index in [2.05, 4.69) is 10.6 Å². The van der Waals surface area contributed by atoms with Crippen molar-refractivity contribution in [3.05, 3.63) is 0 Å². The zero-order valence-electron chi connectivity index (χ0n) is 11.6. The van der Waals surface area contributed by atoms with Gasteiger partial charge in [0.2, 0.25) is 11.8 Å². The third-order valence-electron chi connectivity index (χ3n) is 2.46. The maximum Gasteiger partial charge on any atom is 0.239 e. The molecule has 19 heavy (non-hydrogen) atoms. The van der Waals surface area contributed by atoms with Crippen LogP contribution in [0.3, 0.4) is 0 Å². The maximum absolute atomic E-state index is 11.5. The molecule has 0 fully saturated rings. The van der Waals surface area contributed by atoms with Gasteiger partial charge in [-0.25, -0.2) is 8.42 Å². The molecule has 8 heteroatoms. The van der Waals surface area contributed by atoms with Gasteiger partial charge in [-0.15, -0.1) is 0 Å². The van der Waals surface area contributed by atoms with Crippen molar-refractivity contribution in [3.63, 3.8) is 0 Å². The van der Waals surface area contributed by atoms with Gasteiger partial charge in [-0.2, -0.15) is 0 Å². The molecule has 0 bridgehead atoms. The number of nitrogens with one attached hydrogen (secondary N) is 2. The van der Waals surface area contributed by atoms with Crippen molar-refractivity contribution in [2.45, 2.75) is 26.3 Å². The van der Waals surface area contributed by atoms with Gasteiger partial charge in [-0.05, 0) is 12.3 Å². The number of carbonyl (C=O) groups is 2. The average Bonchev–Trinajstić information content (AvgIpc) is 2.29. The number of sulfone groups is 1. The number of nitrogens with two attached hydrogens (primary N) is 1. The van der Waals surface area contributed by atoms with Gasteiger partial charge in [0.25, 0.3) is 0 Å². The van der Waals surface area contributed by atoms with Gasteiger partial charge < -0.3 is 16.4 Å². The van der Waals surface area contributed by atoms with Crippen molar-refractivity contribution >= 4 is 21.7 Å². The third kappa shape index (κ3) is 9.43. The summed E-state index contributed by atoms with van der Waals surface area (Å²) in [6, 6.07) is -0.641. The van der Waals surface area contributed by atoms with E-state index in [1.165, 1.54) is 0 Å². The molecule has 0 aliphatic rings. The van der Waals surface area contributed by atoms with Crippen LogP contribution in [0, 0.1) is 5.92 Å². The summed E-state index contributed by atoms with van der Waals surface area (Å²) in [5, 5.41) is 4.95. The van der Waals surface area contributed by atoms with E-state index in [1.807, 2.05) is 13.8 Å². The first kappa shape index (κ1) is 17.8. The molecule has 0 aromatic rings. The van der Waals surface area contributed by atoms with E-state index in [1.54, 1.807) is 0 Å². The minimum Gasteiger partial charge on any atom is -0.355 e. The summed E-state index contributed by atoms with van der Waals surface area (Å²) in [5.41, 5.74) is 5.61. The summed E-state index contributed by atoms with van der Waals surface area (Å²) in [4.78, 5) is 22.8. The molecule has 0 rings (SSSR count).